The first-order valence-electron chi connectivity index (χ1n) is 19.1. The maximum atomic E-state index is 2.48. The second kappa shape index (κ2) is 11.4. The fraction of sp³-hybridized carbons (Fsp3) is 0.0189. The van der Waals surface area contributed by atoms with Crippen LogP contribution in [0, 0.1) is 0 Å². The molecule has 2 aliphatic rings. The minimum Gasteiger partial charge on any atom is -0.311 e. The first-order chi connectivity index (χ1) is 27.3. The summed E-state index contributed by atoms with van der Waals surface area (Å²) < 4.78 is 2.48. The molecule has 10 aromatic rings. The second-order valence-corrected chi connectivity index (χ2v) is 14.8. The number of hydrogen-bond acceptors (Lipinski definition) is 1. The standard InChI is InChI=1S/C53H34N2/c1-4-15-36(16-5-1)54(37-17-6-2-7-18-37)39-29-27-35(28-30-39)40-31-33-47-50-43(40)32-34-49-52(50)51-46(25-14-26-48(51)55(49)38-19-8-3-9-20-38)53(47)44-23-12-10-21-41(44)42-22-11-13-24-45(42)53/h1-34H. The van der Waals surface area contributed by atoms with Crippen LogP contribution in [0.2, 0.25) is 0 Å². The molecule has 0 aliphatic heterocycles. The van der Waals surface area contributed by atoms with Gasteiger partial charge in [-0.25, -0.2) is 0 Å². The van der Waals surface area contributed by atoms with Crippen LogP contribution in [-0.4, -0.2) is 4.57 Å². The highest BCUT2D eigenvalue weighted by molar-refractivity contribution is 6.28. The van der Waals surface area contributed by atoms with Gasteiger partial charge in [0.05, 0.1) is 16.4 Å². The van der Waals surface area contributed by atoms with Crippen molar-refractivity contribution < 1.29 is 0 Å². The van der Waals surface area contributed by atoms with Gasteiger partial charge in [0.25, 0.3) is 0 Å². The lowest BCUT2D eigenvalue weighted by Crippen LogP contribution is -2.30. The first-order valence-corrected chi connectivity index (χ1v) is 19.1. The zero-order chi connectivity index (χ0) is 36.1. The van der Waals surface area contributed by atoms with E-state index in [-0.39, 0.29) is 0 Å². The number of aromatic nitrogens is 1. The number of anilines is 3. The van der Waals surface area contributed by atoms with Gasteiger partial charge in [0, 0.05) is 33.5 Å². The third-order valence-electron chi connectivity index (χ3n) is 12.2. The normalized spacial score (nSPS) is 13.2. The van der Waals surface area contributed by atoms with Crippen molar-refractivity contribution in [1.29, 1.82) is 0 Å². The summed E-state index contributed by atoms with van der Waals surface area (Å²) in [6.07, 6.45) is 0. The molecule has 0 bridgehead atoms. The molecule has 0 atom stereocenters. The molecule has 1 heterocycles. The smallest absolute Gasteiger partial charge is 0.0726 e. The monoisotopic (exact) mass is 698 g/mol. The number of nitrogens with zero attached hydrogens (tertiary/aromatic N) is 2. The molecule has 1 aromatic heterocycles. The Bertz CT molecular complexity index is 3040. The van der Waals surface area contributed by atoms with Crippen molar-refractivity contribution in [2.24, 2.45) is 0 Å². The summed E-state index contributed by atoms with van der Waals surface area (Å²) in [6.45, 7) is 0. The van der Waals surface area contributed by atoms with Crippen molar-refractivity contribution in [1.82, 2.24) is 4.57 Å². The average Bonchev–Trinajstić information content (AvgIpc) is 3.76. The van der Waals surface area contributed by atoms with Crippen LogP contribution in [0.5, 0.6) is 0 Å². The quantitative estimate of drug-likeness (QED) is 0.174. The third-order valence-corrected chi connectivity index (χ3v) is 12.2. The largest absolute Gasteiger partial charge is 0.311 e. The van der Waals surface area contributed by atoms with E-state index in [1.807, 2.05) is 0 Å². The van der Waals surface area contributed by atoms with E-state index in [0.29, 0.717) is 0 Å². The minimum absolute atomic E-state index is 0.455. The van der Waals surface area contributed by atoms with Gasteiger partial charge >= 0.3 is 0 Å². The topological polar surface area (TPSA) is 8.17 Å². The number of fused-ring (bicyclic) bond motifs is 7. The van der Waals surface area contributed by atoms with Crippen molar-refractivity contribution >= 4 is 49.6 Å². The lowest BCUT2D eigenvalue weighted by Gasteiger charge is -2.38. The molecule has 0 radical (unpaired) electrons. The summed E-state index contributed by atoms with van der Waals surface area (Å²) in [4.78, 5) is 2.32. The van der Waals surface area contributed by atoms with E-state index in [1.165, 1.54) is 82.8 Å². The van der Waals surface area contributed by atoms with E-state index in [4.69, 9.17) is 0 Å². The summed E-state index contributed by atoms with van der Waals surface area (Å²) in [5.74, 6) is 0. The minimum atomic E-state index is -0.455. The van der Waals surface area contributed by atoms with Crippen LogP contribution >= 0.6 is 0 Å². The molecule has 2 aliphatic carbocycles. The van der Waals surface area contributed by atoms with E-state index in [1.54, 1.807) is 0 Å². The van der Waals surface area contributed by atoms with E-state index in [9.17, 15) is 0 Å². The molecule has 0 unspecified atom stereocenters. The van der Waals surface area contributed by atoms with Gasteiger partial charge in [0.15, 0.2) is 0 Å². The van der Waals surface area contributed by atoms with Crippen LogP contribution < -0.4 is 4.90 Å². The van der Waals surface area contributed by atoms with Crippen molar-refractivity contribution in [2.45, 2.75) is 5.41 Å². The van der Waals surface area contributed by atoms with Crippen LogP contribution in [0.25, 0.3) is 60.5 Å². The van der Waals surface area contributed by atoms with Gasteiger partial charge in [-0.15, -0.1) is 0 Å². The number of rotatable bonds is 5. The summed E-state index contributed by atoms with van der Waals surface area (Å²) in [7, 11) is 0. The van der Waals surface area contributed by atoms with Gasteiger partial charge in [-0.3, -0.25) is 0 Å². The molecule has 0 saturated carbocycles. The Labute approximate surface area is 319 Å². The molecular weight excluding hydrogens is 665 g/mol. The Morgan fingerprint density at radius 3 is 1.51 bits per heavy atom. The molecule has 0 saturated heterocycles. The Hall–Kier alpha value is -7.16. The van der Waals surface area contributed by atoms with Crippen LogP contribution in [0.1, 0.15) is 22.3 Å². The molecule has 0 fully saturated rings. The maximum absolute atomic E-state index is 2.48. The molecule has 0 N–H and O–H groups in total. The van der Waals surface area contributed by atoms with E-state index < -0.39 is 5.41 Å². The van der Waals surface area contributed by atoms with E-state index in [2.05, 4.69) is 216 Å². The van der Waals surface area contributed by atoms with Crippen LogP contribution in [0.4, 0.5) is 17.1 Å². The lowest BCUT2D eigenvalue weighted by atomic mass is 9.63. The molecule has 55 heavy (non-hydrogen) atoms. The van der Waals surface area contributed by atoms with Gasteiger partial charge in [0.1, 0.15) is 0 Å². The summed E-state index contributed by atoms with van der Waals surface area (Å²) in [5.41, 5.74) is 17.1. The Kier molecular flexibility index (Phi) is 6.29. The summed E-state index contributed by atoms with van der Waals surface area (Å²) in [5, 5.41) is 5.31. The van der Waals surface area contributed by atoms with Gasteiger partial charge in [-0.2, -0.15) is 0 Å². The highest BCUT2D eigenvalue weighted by Gasteiger charge is 2.50. The fourth-order valence-corrected chi connectivity index (χ4v) is 10.1. The summed E-state index contributed by atoms with van der Waals surface area (Å²) in [6, 6.07) is 76.0. The van der Waals surface area contributed by atoms with Gasteiger partial charge < -0.3 is 9.47 Å². The Morgan fingerprint density at radius 2 is 0.855 bits per heavy atom. The van der Waals surface area contributed by atoms with Crippen LogP contribution in [-0.2, 0) is 5.41 Å². The Morgan fingerprint density at radius 1 is 0.327 bits per heavy atom. The zero-order valence-corrected chi connectivity index (χ0v) is 30.0. The van der Waals surface area contributed by atoms with Gasteiger partial charge in [-0.05, 0) is 116 Å². The maximum Gasteiger partial charge on any atom is 0.0726 e. The van der Waals surface area contributed by atoms with Crippen molar-refractivity contribution in [3.63, 3.8) is 0 Å². The van der Waals surface area contributed by atoms with E-state index in [0.717, 1.165) is 17.1 Å². The van der Waals surface area contributed by atoms with Gasteiger partial charge in [0.2, 0.25) is 0 Å². The zero-order valence-electron chi connectivity index (χ0n) is 30.0. The van der Waals surface area contributed by atoms with Crippen molar-refractivity contribution in [3.05, 3.63) is 229 Å². The molecule has 1 spiro atoms. The average molecular weight is 699 g/mol. The van der Waals surface area contributed by atoms with Crippen molar-refractivity contribution in [2.75, 3.05) is 4.90 Å². The second-order valence-electron chi connectivity index (χ2n) is 14.8. The molecular formula is C53H34N2. The molecule has 9 aromatic carbocycles. The predicted octanol–water partition coefficient (Wildman–Crippen LogP) is 13.8. The van der Waals surface area contributed by atoms with Gasteiger partial charge in [-0.1, -0.05) is 146 Å². The lowest BCUT2D eigenvalue weighted by molar-refractivity contribution is 0.783. The summed E-state index contributed by atoms with van der Waals surface area (Å²) >= 11 is 0. The van der Waals surface area contributed by atoms with E-state index >= 15 is 0 Å². The molecule has 2 nitrogen and oxygen atoms in total. The SMILES string of the molecule is c1ccc(N(c2ccccc2)c2ccc(-c3ccc4c5c3ccc3c5c5c(cccc5n3-c3ccccc3)C43c4ccccc4-c4ccccc43)cc2)cc1. The molecule has 12 rings (SSSR count). The highest BCUT2D eigenvalue weighted by Crippen LogP contribution is 2.62. The van der Waals surface area contributed by atoms with Crippen LogP contribution in [0.3, 0.4) is 0 Å². The molecule has 256 valence electrons. The third kappa shape index (κ3) is 4.03. The highest BCUT2D eigenvalue weighted by atomic mass is 15.1. The Balaban J connectivity index is 1.15. The number of para-hydroxylation sites is 3. The molecule has 2 heteroatoms. The first kappa shape index (κ1) is 30.3. The number of benzene rings is 9. The fourth-order valence-electron chi connectivity index (χ4n) is 10.1. The van der Waals surface area contributed by atoms with Crippen molar-refractivity contribution in [3.8, 4) is 27.9 Å². The number of hydrogen-bond donors (Lipinski definition) is 0. The molecule has 0 amide bonds. The predicted molar refractivity (Wildman–Crippen MR) is 229 cm³/mol. The van der Waals surface area contributed by atoms with Crippen LogP contribution in [0.15, 0.2) is 206 Å².